The number of anilines is 1. The van der Waals surface area contributed by atoms with Gasteiger partial charge in [-0.15, -0.1) is 0 Å². The van der Waals surface area contributed by atoms with Gasteiger partial charge in [0.1, 0.15) is 0 Å². The van der Waals surface area contributed by atoms with Crippen LogP contribution in [0, 0.1) is 5.92 Å². The molecule has 0 radical (unpaired) electrons. The molecule has 0 spiro atoms. The van der Waals surface area contributed by atoms with Crippen molar-refractivity contribution in [3.63, 3.8) is 0 Å². The Morgan fingerprint density at radius 3 is 2.56 bits per heavy atom. The highest BCUT2D eigenvalue weighted by Crippen LogP contribution is 2.29. The average molecular weight is 270 g/mol. The minimum atomic E-state index is -3.53. The number of nitrogen functional groups attached to an aromatic ring is 1. The lowest BCUT2D eigenvalue weighted by molar-refractivity contribution is 0.191. The number of aliphatic hydroxyl groups is 1. The minimum Gasteiger partial charge on any atom is -0.399 e. The molecule has 3 N–H and O–H groups in total. The highest BCUT2D eigenvalue weighted by Gasteiger charge is 2.38. The van der Waals surface area contributed by atoms with Gasteiger partial charge in [-0.1, -0.05) is 6.92 Å². The molecule has 1 heterocycles. The molecule has 0 saturated carbocycles. The van der Waals surface area contributed by atoms with Crippen LogP contribution in [0.2, 0.25) is 0 Å². The summed E-state index contributed by atoms with van der Waals surface area (Å²) in [4.78, 5) is 0.226. The summed E-state index contributed by atoms with van der Waals surface area (Å²) in [5.41, 5.74) is 6.08. The standard InChI is InChI=1S/C12H18N2O3S/c1-9-6-7-14(12(9)8-15)18(16,17)11-4-2-10(13)3-5-11/h2-5,9,12,15H,6-8,13H2,1H3. The topological polar surface area (TPSA) is 83.6 Å². The maximum absolute atomic E-state index is 12.4. The van der Waals surface area contributed by atoms with Crippen molar-refractivity contribution in [2.75, 3.05) is 18.9 Å². The van der Waals surface area contributed by atoms with E-state index in [0.717, 1.165) is 6.42 Å². The van der Waals surface area contributed by atoms with Crippen molar-refractivity contribution in [3.8, 4) is 0 Å². The molecule has 0 aromatic heterocycles. The average Bonchev–Trinajstić information content (AvgIpc) is 2.71. The molecule has 1 aromatic rings. The Kier molecular flexibility index (Phi) is 3.61. The van der Waals surface area contributed by atoms with Gasteiger partial charge in [-0.3, -0.25) is 0 Å². The van der Waals surface area contributed by atoms with Crippen molar-refractivity contribution in [1.29, 1.82) is 0 Å². The van der Waals surface area contributed by atoms with Crippen molar-refractivity contribution < 1.29 is 13.5 Å². The Bertz CT molecular complexity index is 513. The summed E-state index contributed by atoms with van der Waals surface area (Å²) in [5.74, 6) is 0.179. The van der Waals surface area contributed by atoms with Gasteiger partial charge in [0, 0.05) is 12.2 Å². The molecule has 2 unspecified atom stereocenters. The second kappa shape index (κ2) is 4.87. The van der Waals surface area contributed by atoms with Crippen LogP contribution in [-0.4, -0.2) is 37.0 Å². The van der Waals surface area contributed by atoms with E-state index < -0.39 is 10.0 Å². The third-order valence-corrected chi connectivity index (χ3v) is 5.44. The summed E-state index contributed by atoms with van der Waals surface area (Å²) in [6, 6.07) is 5.82. The van der Waals surface area contributed by atoms with Gasteiger partial charge in [-0.25, -0.2) is 8.42 Å². The molecular formula is C12H18N2O3S. The number of benzene rings is 1. The summed E-state index contributed by atoms with van der Waals surface area (Å²) in [6.07, 6.45) is 0.777. The first-order chi connectivity index (χ1) is 8.46. The number of nitrogens with zero attached hydrogens (tertiary/aromatic N) is 1. The molecule has 100 valence electrons. The van der Waals surface area contributed by atoms with Gasteiger partial charge in [0.15, 0.2) is 0 Å². The lowest BCUT2D eigenvalue weighted by atomic mass is 10.0. The Morgan fingerprint density at radius 2 is 2.00 bits per heavy atom. The molecule has 0 bridgehead atoms. The summed E-state index contributed by atoms with van der Waals surface area (Å²) in [6.45, 7) is 2.27. The molecule has 1 fully saturated rings. The Morgan fingerprint density at radius 1 is 1.39 bits per heavy atom. The van der Waals surface area contributed by atoms with E-state index in [4.69, 9.17) is 5.73 Å². The van der Waals surface area contributed by atoms with Crippen molar-refractivity contribution in [2.45, 2.75) is 24.3 Å². The number of aliphatic hydroxyl groups excluding tert-OH is 1. The van der Waals surface area contributed by atoms with E-state index in [-0.39, 0.29) is 23.5 Å². The van der Waals surface area contributed by atoms with E-state index in [2.05, 4.69) is 0 Å². The molecule has 0 amide bonds. The van der Waals surface area contributed by atoms with Crippen LogP contribution in [-0.2, 0) is 10.0 Å². The maximum atomic E-state index is 12.4. The zero-order valence-electron chi connectivity index (χ0n) is 10.3. The highest BCUT2D eigenvalue weighted by molar-refractivity contribution is 7.89. The molecular weight excluding hydrogens is 252 g/mol. The third kappa shape index (κ3) is 2.23. The lowest BCUT2D eigenvalue weighted by Crippen LogP contribution is -2.39. The molecule has 1 aliphatic heterocycles. The number of hydrogen-bond donors (Lipinski definition) is 2. The van der Waals surface area contributed by atoms with Crippen LogP contribution in [0.3, 0.4) is 0 Å². The van der Waals surface area contributed by atoms with Crippen molar-refractivity contribution >= 4 is 15.7 Å². The van der Waals surface area contributed by atoms with Gasteiger partial charge < -0.3 is 10.8 Å². The summed E-state index contributed by atoms with van der Waals surface area (Å²) in [7, 11) is -3.53. The summed E-state index contributed by atoms with van der Waals surface area (Å²) in [5, 5.41) is 9.34. The van der Waals surface area contributed by atoms with Gasteiger partial charge >= 0.3 is 0 Å². The van der Waals surface area contributed by atoms with Gasteiger partial charge in [-0.05, 0) is 36.6 Å². The Labute approximate surface area is 107 Å². The third-order valence-electron chi connectivity index (χ3n) is 3.51. The molecule has 6 heteroatoms. The van der Waals surface area contributed by atoms with Crippen molar-refractivity contribution in [1.82, 2.24) is 4.31 Å². The van der Waals surface area contributed by atoms with Crippen LogP contribution in [0.25, 0.3) is 0 Å². The van der Waals surface area contributed by atoms with E-state index >= 15 is 0 Å². The molecule has 2 atom stereocenters. The van der Waals surface area contributed by atoms with Crippen LogP contribution >= 0.6 is 0 Å². The molecule has 2 rings (SSSR count). The van der Waals surface area contributed by atoms with Crippen molar-refractivity contribution in [2.24, 2.45) is 5.92 Å². The van der Waals surface area contributed by atoms with E-state index in [0.29, 0.717) is 12.2 Å². The fourth-order valence-electron chi connectivity index (χ4n) is 2.32. The fourth-order valence-corrected chi connectivity index (χ4v) is 4.05. The summed E-state index contributed by atoms with van der Waals surface area (Å²) >= 11 is 0. The van der Waals surface area contributed by atoms with E-state index in [1.54, 1.807) is 12.1 Å². The summed E-state index contributed by atoms with van der Waals surface area (Å²) < 4.78 is 26.3. The minimum absolute atomic E-state index is 0.143. The maximum Gasteiger partial charge on any atom is 0.243 e. The second-order valence-electron chi connectivity index (χ2n) is 4.70. The number of nitrogens with two attached hydrogens (primary N) is 1. The number of sulfonamides is 1. The molecule has 1 aromatic carbocycles. The van der Waals surface area contributed by atoms with Crippen LogP contribution in [0.1, 0.15) is 13.3 Å². The predicted molar refractivity (Wildman–Crippen MR) is 69.4 cm³/mol. The van der Waals surface area contributed by atoms with Crippen molar-refractivity contribution in [3.05, 3.63) is 24.3 Å². The molecule has 0 aliphatic carbocycles. The first-order valence-electron chi connectivity index (χ1n) is 5.95. The zero-order chi connectivity index (χ0) is 13.3. The molecule has 1 aliphatic rings. The lowest BCUT2D eigenvalue weighted by Gasteiger charge is -2.24. The van der Waals surface area contributed by atoms with Crippen LogP contribution in [0.15, 0.2) is 29.2 Å². The molecule has 5 nitrogen and oxygen atoms in total. The molecule has 1 saturated heterocycles. The fraction of sp³-hybridized carbons (Fsp3) is 0.500. The van der Waals surface area contributed by atoms with Gasteiger partial charge in [0.25, 0.3) is 0 Å². The van der Waals surface area contributed by atoms with Gasteiger partial charge in [0.2, 0.25) is 10.0 Å². The number of rotatable bonds is 3. The van der Waals surface area contributed by atoms with Gasteiger partial charge in [-0.2, -0.15) is 4.31 Å². The molecule has 18 heavy (non-hydrogen) atoms. The van der Waals surface area contributed by atoms with Gasteiger partial charge in [0.05, 0.1) is 17.5 Å². The first kappa shape index (κ1) is 13.3. The monoisotopic (exact) mass is 270 g/mol. The van der Waals surface area contributed by atoms with E-state index in [9.17, 15) is 13.5 Å². The first-order valence-corrected chi connectivity index (χ1v) is 7.39. The normalized spacial score (nSPS) is 25.4. The van der Waals surface area contributed by atoms with Crippen LogP contribution < -0.4 is 5.73 Å². The van der Waals surface area contributed by atoms with E-state index in [1.165, 1.54) is 16.4 Å². The SMILES string of the molecule is CC1CCN(S(=O)(=O)c2ccc(N)cc2)C1CO. The Balaban J connectivity index is 2.34. The van der Waals surface area contributed by atoms with Crippen LogP contribution in [0.5, 0.6) is 0 Å². The smallest absolute Gasteiger partial charge is 0.243 e. The Hall–Kier alpha value is -1.11. The quantitative estimate of drug-likeness (QED) is 0.790. The van der Waals surface area contributed by atoms with Crippen LogP contribution in [0.4, 0.5) is 5.69 Å². The second-order valence-corrected chi connectivity index (χ2v) is 6.59. The predicted octanol–water partition coefficient (Wildman–Crippen LogP) is 0.660. The zero-order valence-corrected chi connectivity index (χ0v) is 11.1. The largest absolute Gasteiger partial charge is 0.399 e. The van der Waals surface area contributed by atoms with E-state index in [1.807, 2.05) is 6.92 Å². The number of hydrogen-bond acceptors (Lipinski definition) is 4. The highest BCUT2D eigenvalue weighted by atomic mass is 32.2.